The van der Waals surface area contributed by atoms with Gasteiger partial charge in [0.25, 0.3) is 0 Å². The molecular formula is C20H22N6O3. The molecule has 9 nitrogen and oxygen atoms in total. The number of nitrogens with one attached hydrogen (secondary N) is 2. The maximum absolute atomic E-state index is 12.4. The first-order valence-corrected chi connectivity index (χ1v) is 9.82. The van der Waals surface area contributed by atoms with Crippen LogP contribution in [0.1, 0.15) is 25.5 Å². The number of fused-ring (bicyclic) bond motifs is 3. The Balaban J connectivity index is 1.37. The highest BCUT2D eigenvalue weighted by atomic mass is 16.5. The summed E-state index contributed by atoms with van der Waals surface area (Å²) in [6.07, 6.45) is 4.79. The van der Waals surface area contributed by atoms with Gasteiger partial charge in [0.05, 0.1) is 12.3 Å². The predicted molar refractivity (Wildman–Crippen MR) is 105 cm³/mol. The predicted octanol–water partition coefficient (Wildman–Crippen LogP) is 2.64. The fraction of sp³-hybridized carbons (Fsp3) is 0.400. The molecule has 3 aromatic heterocycles. The molecule has 2 aliphatic rings. The standard InChI is InChI=1S/C20H22N6O3/c1-2-29-19(28)23-18(27)25-7-4-20(12-25)5-8-26-16(20)10-15(24-26)14-9-13-3-6-21-17(13)22-11-14/h3,6,9-11H,2,4-5,7-8,12H2,1H3,(H,21,22)(H,23,27,28). The summed E-state index contributed by atoms with van der Waals surface area (Å²) in [6.45, 7) is 3.92. The Morgan fingerprint density at radius 1 is 1.31 bits per heavy atom. The topological polar surface area (TPSA) is 105 Å². The van der Waals surface area contributed by atoms with Gasteiger partial charge in [-0.1, -0.05) is 0 Å². The largest absolute Gasteiger partial charge is 0.450 e. The Labute approximate surface area is 167 Å². The molecule has 0 aliphatic carbocycles. The first-order chi connectivity index (χ1) is 14.1. The van der Waals surface area contributed by atoms with Crippen LogP contribution in [0.15, 0.2) is 30.6 Å². The molecule has 3 amide bonds. The highest BCUT2D eigenvalue weighted by Crippen LogP contribution is 2.43. The van der Waals surface area contributed by atoms with Crippen molar-refractivity contribution in [3.8, 4) is 11.3 Å². The molecule has 5 rings (SSSR count). The Hall–Kier alpha value is -3.36. The molecule has 0 aromatic carbocycles. The van der Waals surface area contributed by atoms with Gasteiger partial charge in [-0.05, 0) is 38.0 Å². The summed E-state index contributed by atoms with van der Waals surface area (Å²) in [5.41, 5.74) is 3.75. The van der Waals surface area contributed by atoms with Gasteiger partial charge >= 0.3 is 12.1 Å². The second kappa shape index (κ2) is 6.61. The molecule has 1 spiro atoms. The van der Waals surface area contributed by atoms with Gasteiger partial charge in [-0.15, -0.1) is 0 Å². The Morgan fingerprint density at radius 3 is 3.03 bits per heavy atom. The lowest BCUT2D eigenvalue weighted by Crippen LogP contribution is -2.43. The van der Waals surface area contributed by atoms with Crippen LogP contribution in [0.2, 0.25) is 0 Å². The van der Waals surface area contributed by atoms with E-state index in [0.29, 0.717) is 13.1 Å². The quantitative estimate of drug-likeness (QED) is 0.695. The van der Waals surface area contributed by atoms with Gasteiger partial charge in [-0.2, -0.15) is 5.10 Å². The number of H-pyrrole nitrogens is 1. The lowest BCUT2D eigenvalue weighted by Gasteiger charge is -2.23. The number of amides is 3. The van der Waals surface area contributed by atoms with E-state index in [-0.39, 0.29) is 12.0 Å². The summed E-state index contributed by atoms with van der Waals surface area (Å²) in [7, 11) is 0. The number of nitrogens with zero attached hydrogens (tertiary/aromatic N) is 4. The van der Waals surface area contributed by atoms with Crippen LogP contribution in [0.5, 0.6) is 0 Å². The van der Waals surface area contributed by atoms with E-state index in [1.54, 1.807) is 11.8 Å². The van der Waals surface area contributed by atoms with Crippen molar-refractivity contribution < 1.29 is 14.3 Å². The van der Waals surface area contributed by atoms with Crippen molar-refractivity contribution in [2.24, 2.45) is 0 Å². The molecular weight excluding hydrogens is 372 g/mol. The number of alkyl carbamates (subject to hydrolysis) is 1. The lowest BCUT2D eigenvalue weighted by atomic mass is 9.82. The summed E-state index contributed by atoms with van der Waals surface area (Å²) < 4.78 is 6.85. The van der Waals surface area contributed by atoms with Crippen molar-refractivity contribution in [2.75, 3.05) is 19.7 Å². The first kappa shape index (κ1) is 17.7. The maximum atomic E-state index is 12.4. The van der Waals surface area contributed by atoms with E-state index in [9.17, 15) is 9.59 Å². The second-order valence-corrected chi connectivity index (χ2v) is 7.63. The number of likely N-dealkylation sites (tertiary alicyclic amines) is 1. The zero-order chi connectivity index (χ0) is 20.0. The number of hydrogen-bond acceptors (Lipinski definition) is 5. The third-order valence-electron chi connectivity index (χ3n) is 5.95. The van der Waals surface area contributed by atoms with Crippen LogP contribution in [0.25, 0.3) is 22.3 Å². The summed E-state index contributed by atoms with van der Waals surface area (Å²) in [4.78, 5) is 33.2. The summed E-state index contributed by atoms with van der Waals surface area (Å²) in [6, 6.07) is 5.79. The minimum Gasteiger partial charge on any atom is -0.450 e. The molecule has 0 radical (unpaired) electrons. The molecule has 0 bridgehead atoms. The van der Waals surface area contributed by atoms with Gasteiger partial charge in [-0.3, -0.25) is 4.68 Å². The number of imide groups is 1. The Kier molecular flexibility index (Phi) is 4.04. The van der Waals surface area contributed by atoms with Crippen molar-refractivity contribution in [3.05, 3.63) is 36.3 Å². The smallest absolute Gasteiger partial charge is 0.415 e. The first-order valence-electron chi connectivity index (χ1n) is 9.82. The van der Waals surface area contributed by atoms with Crippen LogP contribution >= 0.6 is 0 Å². The normalized spacial score (nSPS) is 20.4. The van der Waals surface area contributed by atoms with E-state index in [1.165, 1.54) is 0 Å². The molecule has 1 unspecified atom stereocenters. The monoisotopic (exact) mass is 394 g/mol. The number of aryl methyl sites for hydroxylation is 1. The van der Waals surface area contributed by atoms with Crippen LogP contribution in [-0.4, -0.2) is 56.5 Å². The van der Waals surface area contributed by atoms with Gasteiger partial charge < -0.3 is 14.6 Å². The third kappa shape index (κ3) is 2.93. The summed E-state index contributed by atoms with van der Waals surface area (Å²) in [5, 5.41) is 8.13. The lowest BCUT2D eigenvalue weighted by molar-refractivity contribution is 0.148. The van der Waals surface area contributed by atoms with E-state index >= 15 is 0 Å². The average molecular weight is 394 g/mol. The Bertz CT molecular complexity index is 1100. The number of aromatic nitrogens is 4. The molecule has 150 valence electrons. The number of ether oxygens (including phenoxy) is 1. The van der Waals surface area contributed by atoms with E-state index in [0.717, 1.165) is 47.4 Å². The number of carbonyl (C=O) groups is 2. The average Bonchev–Trinajstić information content (AvgIpc) is 3.47. The molecule has 1 atom stereocenters. The molecule has 9 heteroatoms. The van der Waals surface area contributed by atoms with Crippen molar-refractivity contribution in [1.29, 1.82) is 0 Å². The molecule has 29 heavy (non-hydrogen) atoms. The van der Waals surface area contributed by atoms with Crippen LogP contribution < -0.4 is 5.32 Å². The molecule has 0 saturated carbocycles. The molecule has 5 heterocycles. The van der Waals surface area contributed by atoms with E-state index in [1.807, 2.05) is 23.1 Å². The van der Waals surface area contributed by atoms with E-state index < -0.39 is 12.1 Å². The number of pyridine rings is 1. The number of rotatable bonds is 2. The van der Waals surface area contributed by atoms with Crippen LogP contribution in [0.4, 0.5) is 9.59 Å². The second-order valence-electron chi connectivity index (χ2n) is 7.63. The third-order valence-corrected chi connectivity index (χ3v) is 5.95. The SMILES string of the molecule is CCOC(=O)NC(=O)N1CCC2(CCn3nc(-c4cnc5[nH]ccc5c4)cc32)C1. The van der Waals surface area contributed by atoms with Crippen molar-refractivity contribution in [1.82, 2.24) is 30.0 Å². The number of aromatic amines is 1. The van der Waals surface area contributed by atoms with Crippen molar-refractivity contribution >= 4 is 23.2 Å². The summed E-state index contributed by atoms with van der Waals surface area (Å²) >= 11 is 0. The van der Waals surface area contributed by atoms with Gasteiger partial charge in [-0.25, -0.2) is 19.9 Å². The van der Waals surface area contributed by atoms with Crippen LogP contribution in [0, 0.1) is 0 Å². The van der Waals surface area contributed by atoms with Gasteiger partial charge in [0.15, 0.2) is 0 Å². The zero-order valence-corrected chi connectivity index (χ0v) is 16.1. The van der Waals surface area contributed by atoms with Crippen LogP contribution in [-0.2, 0) is 16.7 Å². The van der Waals surface area contributed by atoms with Gasteiger partial charge in [0.1, 0.15) is 5.65 Å². The minimum absolute atomic E-state index is 0.122. The minimum atomic E-state index is -0.704. The van der Waals surface area contributed by atoms with Gasteiger partial charge in [0, 0.05) is 54.1 Å². The zero-order valence-electron chi connectivity index (χ0n) is 16.1. The van der Waals surface area contributed by atoms with E-state index in [2.05, 4.69) is 27.4 Å². The summed E-state index contributed by atoms with van der Waals surface area (Å²) in [5.74, 6) is 0. The molecule has 1 saturated heterocycles. The fourth-order valence-corrected chi connectivity index (χ4v) is 4.48. The van der Waals surface area contributed by atoms with Crippen LogP contribution in [0.3, 0.4) is 0 Å². The molecule has 2 aliphatic heterocycles. The fourth-order valence-electron chi connectivity index (χ4n) is 4.48. The highest BCUT2D eigenvalue weighted by molar-refractivity contribution is 5.91. The van der Waals surface area contributed by atoms with Gasteiger partial charge in [0.2, 0.25) is 0 Å². The number of carbonyl (C=O) groups excluding carboxylic acids is 2. The molecule has 2 N–H and O–H groups in total. The maximum Gasteiger partial charge on any atom is 0.415 e. The van der Waals surface area contributed by atoms with Crippen molar-refractivity contribution in [3.63, 3.8) is 0 Å². The van der Waals surface area contributed by atoms with E-state index in [4.69, 9.17) is 9.84 Å². The number of urea groups is 1. The molecule has 3 aromatic rings. The van der Waals surface area contributed by atoms with Crippen molar-refractivity contribution in [2.45, 2.75) is 31.7 Å². The molecule has 1 fully saturated rings. The highest BCUT2D eigenvalue weighted by Gasteiger charge is 2.47. The Morgan fingerprint density at radius 2 is 2.17 bits per heavy atom. The number of hydrogen-bond donors (Lipinski definition) is 2.